The third kappa shape index (κ3) is 4.59. The van der Waals surface area contributed by atoms with Gasteiger partial charge in [0.25, 0.3) is 5.69 Å². The average molecular weight is 352 g/mol. The second kappa shape index (κ2) is 7.18. The van der Waals surface area contributed by atoms with Gasteiger partial charge in [-0.25, -0.2) is 12.8 Å². The van der Waals surface area contributed by atoms with Crippen LogP contribution in [0.4, 0.5) is 15.8 Å². The van der Waals surface area contributed by atoms with E-state index in [9.17, 15) is 27.7 Å². The Morgan fingerprint density at radius 1 is 1.08 bits per heavy atom. The quantitative estimate of drug-likeness (QED) is 0.488. The summed E-state index contributed by atoms with van der Waals surface area (Å²) in [5, 5.41) is 13.0. The molecule has 0 aliphatic heterocycles. The van der Waals surface area contributed by atoms with Crippen LogP contribution < -0.4 is 5.32 Å². The molecule has 24 heavy (non-hydrogen) atoms. The fourth-order valence-corrected chi connectivity index (χ4v) is 3.12. The highest BCUT2D eigenvalue weighted by atomic mass is 32.2. The van der Waals surface area contributed by atoms with Crippen molar-refractivity contribution in [3.63, 3.8) is 0 Å². The number of halogens is 1. The number of non-ortho nitro benzene ring substituents is 1. The smallest absolute Gasteiger partial charge is 0.269 e. The predicted octanol–water partition coefficient (Wildman–Crippen LogP) is 2.54. The van der Waals surface area contributed by atoms with E-state index in [-0.39, 0.29) is 17.0 Å². The molecule has 0 spiro atoms. The highest BCUT2D eigenvalue weighted by molar-refractivity contribution is 7.91. The molecule has 1 amide bonds. The summed E-state index contributed by atoms with van der Waals surface area (Å²) in [6.45, 7) is 0. The van der Waals surface area contributed by atoms with Crippen LogP contribution in [-0.2, 0) is 14.6 Å². The minimum Gasteiger partial charge on any atom is -0.326 e. The number of amides is 1. The number of rotatable bonds is 6. The van der Waals surface area contributed by atoms with Crippen molar-refractivity contribution in [2.24, 2.45) is 0 Å². The molecule has 0 aliphatic rings. The topological polar surface area (TPSA) is 106 Å². The van der Waals surface area contributed by atoms with Crippen LogP contribution in [0.3, 0.4) is 0 Å². The van der Waals surface area contributed by atoms with Crippen LogP contribution in [0.25, 0.3) is 0 Å². The lowest BCUT2D eigenvalue weighted by Crippen LogP contribution is -2.17. The number of nitro groups is 1. The lowest BCUT2D eigenvalue weighted by Gasteiger charge is -2.06. The molecule has 126 valence electrons. The maximum Gasteiger partial charge on any atom is 0.269 e. The Bertz CT molecular complexity index is 848. The molecule has 0 bridgehead atoms. The zero-order valence-corrected chi connectivity index (χ0v) is 13.1. The molecule has 0 aliphatic carbocycles. The molecule has 0 atom stereocenters. The fraction of sp³-hybridized carbons (Fsp3) is 0.133. The van der Waals surface area contributed by atoms with Crippen LogP contribution in [0.1, 0.15) is 6.42 Å². The number of sulfone groups is 1. The Morgan fingerprint density at radius 2 is 1.67 bits per heavy atom. The van der Waals surface area contributed by atoms with Gasteiger partial charge in [0, 0.05) is 24.2 Å². The minimum absolute atomic E-state index is 0.0629. The SMILES string of the molecule is O=C(CCS(=O)(=O)c1ccc(F)cc1)Nc1ccc([N+](=O)[O-])cc1. The van der Waals surface area contributed by atoms with Crippen molar-refractivity contribution in [1.82, 2.24) is 0 Å². The van der Waals surface area contributed by atoms with E-state index in [4.69, 9.17) is 0 Å². The number of nitrogens with zero attached hydrogens (tertiary/aromatic N) is 1. The van der Waals surface area contributed by atoms with Crippen molar-refractivity contribution in [3.05, 3.63) is 64.5 Å². The number of hydrogen-bond donors (Lipinski definition) is 1. The number of anilines is 1. The molecule has 0 heterocycles. The lowest BCUT2D eigenvalue weighted by atomic mass is 10.3. The van der Waals surface area contributed by atoms with Gasteiger partial charge in [0.2, 0.25) is 5.91 Å². The summed E-state index contributed by atoms with van der Waals surface area (Å²) in [4.78, 5) is 21.7. The number of carbonyl (C=O) groups is 1. The van der Waals surface area contributed by atoms with Crippen LogP contribution in [0.15, 0.2) is 53.4 Å². The van der Waals surface area contributed by atoms with E-state index in [0.717, 1.165) is 24.3 Å². The first-order chi connectivity index (χ1) is 11.3. The minimum atomic E-state index is -3.70. The third-order valence-corrected chi connectivity index (χ3v) is 4.86. The van der Waals surface area contributed by atoms with E-state index < -0.39 is 32.2 Å². The Kier molecular flexibility index (Phi) is 5.24. The predicted molar refractivity (Wildman–Crippen MR) is 84.8 cm³/mol. The summed E-state index contributed by atoms with van der Waals surface area (Å²) in [5.74, 6) is -1.53. The number of nitrogens with one attached hydrogen (secondary N) is 1. The van der Waals surface area contributed by atoms with E-state index >= 15 is 0 Å². The maximum absolute atomic E-state index is 12.8. The second-order valence-electron chi connectivity index (χ2n) is 4.87. The zero-order valence-electron chi connectivity index (χ0n) is 12.3. The zero-order chi connectivity index (χ0) is 17.7. The van der Waals surface area contributed by atoms with E-state index in [1.807, 2.05) is 0 Å². The molecule has 0 saturated heterocycles. The molecular weight excluding hydrogens is 339 g/mol. The lowest BCUT2D eigenvalue weighted by molar-refractivity contribution is -0.384. The highest BCUT2D eigenvalue weighted by Gasteiger charge is 2.16. The normalized spacial score (nSPS) is 11.0. The van der Waals surface area contributed by atoms with Gasteiger partial charge in [0.05, 0.1) is 15.6 Å². The average Bonchev–Trinajstić information content (AvgIpc) is 2.54. The standard InChI is InChI=1S/C15H13FN2O5S/c16-11-1-7-14(8-2-11)24(22,23)10-9-15(19)17-12-3-5-13(6-4-12)18(20)21/h1-8H,9-10H2,(H,17,19). The van der Waals surface area contributed by atoms with E-state index in [2.05, 4.69) is 5.32 Å². The van der Waals surface area contributed by atoms with Crippen molar-refractivity contribution in [1.29, 1.82) is 0 Å². The summed E-state index contributed by atoms with van der Waals surface area (Å²) >= 11 is 0. The summed E-state index contributed by atoms with van der Waals surface area (Å²) in [7, 11) is -3.70. The molecule has 2 rings (SSSR count). The summed E-state index contributed by atoms with van der Waals surface area (Å²) < 4.78 is 36.9. The van der Waals surface area contributed by atoms with Crippen LogP contribution in [0.5, 0.6) is 0 Å². The van der Waals surface area contributed by atoms with Gasteiger partial charge in [0.1, 0.15) is 5.82 Å². The second-order valence-corrected chi connectivity index (χ2v) is 6.98. The van der Waals surface area contributed by atoms with Crippen LogP contribution in [0, 0.1) is 15.9 Å². The van der Waals surface area contributed by atoms with Crippen molar-refractivity contribution >= 4 is 27.1 Å². The monoisotopic (exact) mass is 352 g/mol. The molecule has 0 saturated carbocycles. The molecule has 0 aromatic heterocycles. The molecule has 1 N–H and O–H groups in total. The van der Waals surface area contributed by atoms with Crippen LogP contribution >= 0.6 is 0 Å². The number of hydrogen-bond acceptors (Lipinski definition) is 5. The Hall–Kier alpha value is -2.81. The van der Waals surface area contributed by atoms with Crippen LogP contribution in [0.2, 0.25) is 0 Å². The number of benzene rings is 2. The molecule has 2 aromatic rings. The van der Waals surface area contributed by atoms with E-state index in [0.29, 0.717) is 5.69 Å². The maximum atomic E-state index is 12.8. The first kappa shape index (κ1) is 17.5. The number of nitro benzene ring substituents is 1. The van der Waals surface area contributed by atoms with Gasteiger partial charge in [-0.15, -0.1) is 0 Å². The Balaban J connectivity index is 1.95. The van der Waals surface area contributed by atoms with Crippen molar-refractivity contribution in [3.8, 4) is 0 Å². The molecule has 0 radical (unpaired) electrons. The van der Waals surface area contributed by atoms with Gasteiger partial charge in [-0.2, -0.15) is 0 Å². The van der Waals surface area contributed by atoms with E-state index in [1.54, 1.807) is 0 Å². The third-order valence-electron chi connectivity index (χ3n) is 3.13. The van der Waals surface area contributed by atoms with Gasteiger partial charge in [-0.3, -0.25) is 14.9 Å². The fourth-order valence-electron chi connectivity index (χ4n) is 1.88. The van der Waals surface area contributed by atoms with Crippen LogP contribution in [-0.4, -0.2) is 25.0 Å². The van der Waals surface area contributed by atoms with Crippen molar-refractivity contribution < 1.29 is 22.5 Å². The highest BCUT2D eigenvalue weighted by Crippen LogP contribution is 2.16. The number of carbonyl (C=O) groups excluding carboxylic acids is 1. The summed E-state index contributed by atoms with van der Waals surface area (Å²) in [5.41, 5.74) is 0.205. The van der Waals surface area contributed by atoms with Gasteiger partial charge >= 0.3 is 0 Å². The molecule has 0 fully saturated rings. The molecule has 2 aromatic carbocycles. The van der Waals surface area contributed by atoms with Crippen molar-refractivity contribution in [2.75, 3.05) is 11.1 Å². The van der Waals surface area contributed by atoms with Gasteiger partial charge in [0.15, 0.2) is 9.84 Å². The first-order valence-electron chi connectivity index (χ1n) is 6.80. The van der Waals surface area contributed by atoms with E-state index in [1.165, 1.54) is 24.3 Å². The molecule has 7 nitrogen and oxygen atoms in total. The Morgan fingerprint density at radius 3 is 2.21 bits per heavy atom. The summed E-state index contributed by atoms with van der Waals surface area (Å²) in [6, 6.07) is 9.50. The molecule has 9 heteroatoms. The Labute approximate surface area is 137 Å². The largest absolute Gasteiger partial charge is 0.326 e. The van der Waals surface area contributed by atoms with Crippen molar-refractivity contribution in [2.45, 2.75) is 11.3 Å². The molecular formula is C15H13FN2O5S. The summed E-state index contributed by atoms with van der Waals surface area (Å²) in [6.07, 6.45) is -0.295. The van der Waals surface area contributed by atoms with Gasteiger partial charge in [-0.05, 0) is 36.4 Å². The van der Waals surface area contributed by atoms with Gasteiger partial charge < -0.3 is 5.32 Å². The molecule has 0 unspecified atom stereocenters. The van der Waals surface area contributed by atoms with Gasteiger partial charge in [-0.1, -0.05) is 0 Å². The first-order valence-corrected chi connectivity index (χ1v) is 8.46.